The lowest BCUT2D eigenvalue weighted by molar-refractivity contribution is -0.139. The van der Waals surface area contributed by atoms with Crippen molar-refractivity contribution in [3.05, 3.63) is 34.9 Å². The Balaban J connectivity index is 1.71. The van der Waals surface area contributed by atoms with E-state index in [2.05, 4.69) is 26.2 Å². The largest absolute Gasteiger partial charge is 0.348 e. The normalized spacial score (nSPS) is 21.2. The number of halogens is 1. The molecule has 6 heteroatoms. The van der Waals surface area contributed by atoms with Crippen LogP contribution in [0.25, 0.3) is 11.3 Å². The molecule has 1 atom stereocenters. The second-order valence-corrected chi connectivity index (χ2v) is 6.20. The molecule has 2 heterocycles. The van der Waals surface area contributed by atoms with Crippen LogP contribution < -0.4 is 0 Å². The van der Waals surface area contributed by atoms with Crippen molar-refractivity contribution >= 4 is 15.9 Å². The van der Waals surface area contributed by atoms with Gasteiger partial charge in [0.1, 0.15) is 11.8 Å². The smallest absolute Gasteiger partial charge is 0.163 e. The molecule has 0 bridgehead atoms. The van der Waals surface area contributed by atoms with Gasteiger partial charge in [-0.2, -0.15) is 0 Å². The molecule has 2 aromatic rings. The van der Waals surface area contributed by atoms with E-state index in [0.717, 1.165) is 15.7 Å². The lowest BCUT2D eigenvalue weighted by Crippen LogP contribution is -2.24. The van der Waals surface area contributed by atoms with Crippen LogP contribution in [-0.4, -0.2) is 33.5 Å². The van der Waals surface area contributed by atoms with Gasteiger partial charge in [-0.15, -0.1) is 5.10 Å². The number of ether oxygens (including phenoxy) is 2. The maximum atomic E-state index is 5.77. The summed E-state index contributed by atoms with van der Waals surface area (Å²) < 4.78 is 14.1. The quantitative estimate of drug-likeness (QED) is 0.864. The summed E-state index contributed by atoms with van der Waals surface area (Å²) in [5, 5.41) is 8.35. The van der Waals surface area contributed by atoms with Crippen LogP contribution >= 0.6 is 15.9 Å². The molecule has 0 amide bonds. The molecule has 1 aromatic carbocycles. The summed E-state index contributed by atoms with van der Waals surface area (Å²) in [7, 11) is 0. The van der Waals surface area contributed by atoms with Crippen LogP contribution in [0.15, 0.2) is 34.9 Å². The minimum atomic E-state index is -0.502. The molecule has 1 aromatic heterocycles. The second kappa shape index (κ2) is 5.27. The number of benzene rings is 1. The molecule has 0 spiro atoms. The lowest BCUT2D eigenvalue weighted by atomic mass is 10.2. The second-order valence-electron chi connectivity index (χ2n) is 5.29. The van der Waals surface area contributed by atoms with E-state index < -0.39 is 5.79 Å². The fourth-order valence-corrected chi connectivity index (χ4v) is 2.63. The Morgan fingerprint density at radius 1 is 1.45 bits per heavy atom. The Kier molecular flexibility index (Phi) is 3.62. The Hall–Kier alpha value is -1.24. The van der Waals surface area contributed by atoms with Gasteiger partial charge in [0.15, 0.2) is 5.79 Å². The maximum absolute atomic E-state index is 5.77. The number of rotatable bonds is 3. The standard InChI is InChI=1S/C14H16BrN3O2/c1-14(2)19-9-12(20-14)7-18-8-13(16-17-18)10-4-3-5-11(15)6-10/h3-6,8,12H,7,9H2,1-2H3. The molecule has 20 heavy (non-hydrogen) atoms. The molecular formula is C14H16BrN3O2. The molecule has 5 nitrogen and oxygen atoms in total. The lowest BCUT2D eigenvalue weighted by Gasteiger charge is -2.16. The highest BCUT2D eigenvalue weighted by Crippen LogP contribution is 2.24. The Morgan fingerprint density at radius 3 is 3.00 bits per heavy atom. The number of nitrogens with zero attached hydrogens (tertiary/aromatic N) is 3. The zero-order valence-electron chi connectivity index (χ0n) is 11.4. The van der Waals surface area contributed by atoms with Gasteiger partial charge in [0, 0.05) is 10.0 Å². The van der Waals surface area contributed by atoms with E-state index in [0.29, 0.717) is 13.2 Å². The zero-order valence-corrected chi connectivity index (χ0v) is 13.0. The van der Waals surface area contributed by atoms with Gasteiger partial charge in [-0.25, -0.2) is 4.68 Å². The van der Waals surface area contributed by atoms with Crippen LogP contribution in [0.2, 0.25) is 0 Å². The summed E-state index contributed by atoms with van der Waals surface area (Å²) in [5.74, 6) is -0.502. The van der Waals surface area contributed by atoms with Crippen molar-refractivity contribution < 1.29 is 9.47 Å². The molecular weight excluding hydrogens is 322 g/mol. The highest BCUT2D eigenvalue weighted by atomic mass is 79.9. The average molecular weight is 338 g/mol. The predicted molar refractivity (Wildman–Crippen MR) is 78.1 cm³/mol. The fraction of sp³-hybridized carbons (Fsp3) is 0.429. The third-order valence-corrected chi connectivity index (χ3v) is 3.61. The number of hydrogen-bond donors (Lipinski definition) is 0. The van der Waals surface area contributed by atoms with Gasteiger partial charge in [-0.05, 0) is 26.0 Å². The minimum Gasteiger partial charge on any atom is -0.348 e. The van der Waals surface area contributed by atoms with E-state index in [1.54, 1.807) is 4.68 Å². The van der Waals surface area contributed by atoms with Gasteiger partial charge in [-0.1, -0.05) is 33.3 Å². The third kappa shape index (κ3) is 3.08. The van der Waals surface area contributed by atoms with Crippen LogP contribution in [0.5, 0.6) is 0 Å². The van der Waals surface area contributed by atoms with Crippen LogP contribution in [0, 0.1) is 0 Å². The highest BCUT2D eigenvalue weighted by molar-refractivity contribution is 9.10. The Morgan fingerprint density at radius 2 is 2.30 bits per heavy atom. The molecule has 0 radical (unpaired) electrons. The van der Waals surface area contributed by atoms with Crippen LogP contribution in [0.3, 0.4) is 0 Å². The summed E-state index contributed by atoms with van der Waals surface area (Å²) in [5.41, 5.74) is 1.89. The van der Waals surface area contributed by atoms with Crippen molar-refractivity contribution in [3.63, 3.8) is 0 Å². The van der Waals surface area contributed by atoms with Crippen LogP contribution in [-0.2, 0) is 16.0 Å². The third-order valence-electron chi connectivity index (χ3n) is 3.12. The van der Waals surface area contributed by atoms with Crippen molar-refractivity contribution in [3.8, 4) is 11.3 Å². The highest BCUT2D eigenvalue weighted by Gasteiger charge is 2.32. The topological polar surface area (TPSA) is 49.2 Å². The van der Waals surface area contributed by atoms with Gasteiger partial charge in [0.2, 0.25) is 0 Å². The van der Waals surface area contributed by atoms with Crippen molar-refractivity contribution in [2.75, 3.05) is 6.61 Å². The molecule has 3 rings (SSSR count). The fourth-order valence-electron chi connectivity index (χ4n) is 2.23. The van der Waals surface area contributed by atoms with Crippen molar-refractivity contribution in [2.24, 2.45) is 0 Å². The Labute approximate surface area is 126 Å². The molecule has 0 N–H and O–H groups in total. The SMILES string of the molecule is CC1(C)OCC(Cn2cc(-c3cccc(Br)c3)nn2)O1. The number of aromatic nitrogens is 3. The van der Waals surface area contributed by atoms with Crippen molar-refractivity contribution in [2.45, 2.75) is 32.3 Å². The summed E-state index contributed by atoms with van der Waals surface area (Å²) in [6.45, 7) is 5.06. The van der Waals surface area contributed by atoms with E-state index in [4.69, 9.17) is 9.47 Å². The van der Waals surface area contributed by atoms with Gasteiger partial charge in [-0.3, -0.25) is 0 Å². The van der Waals surface area contributed by atoms with E-state index in [-0.39, 0.29) is 6.10 Å². The molecule has 1 fully saturated rings. The van der Waals surface area contributed by atoms with E-state index in [1.807, 2.05) is 44.3 Å². The number of hydrogen-bond acceptors (Lipinski definition) is 4. The average Bonchev–Trinajstić information content (AvgIpc) is 2.97. The molecule has 0 saturated carbocycles. The van der Waals surface area contributed by atoms with Crippen molar-refractivity contribution in [1.82, 2.24) is 15.0 Å². The first-order chi connectivity index (χ1) is 9.52. The first-order valence-corrected chi connectivity index (χ1v) is 7.29. The zero-order chi connectivity index (χ0) is 14.2. The van der Waals surface area contributed by atoms with Crippen LogP contribution in [0.4, 0.5) is 0 Å². The maximum Gasteiger partial charge on any atom is 0.163 e. The van der Waals surface area contributed by atoms with E-state index >= 15 is 0 Å². The summed E-state index contributed by atoms with van der Waals surface area (Å²) in [6, 6.07) is 8.00. The first-order valence-electron chi connectivity index (χ1n) is 6.50. The van der Waals surface area contributed by atoms with E-state index in [9.17, 15) is 0 Å². The molecule has 1 unspecified atom stereocenters. The van der Waals surface area contributed by atoms with Crippen LogP contribution in [0.1, 0.15) is 13.8 Å². The summed E-state index contributed by atoms with van der Waals surface area (Å²) in [4.78, 5) is 0. The van der Waals surface area contributed by atoms with Crippen molar-refractivity contribution in [1.29, 1.82) is 0 Å². The summed E-state index contributed by atoms with van der Waals surface area (Å²) >= 11 is 3.46. The first kappa shape index (κ1) is 13.7. The van der Waals surface area contributed by atoms with Gasteiger partial charge < -0.3 is 9.47 Å². The molecule has 1 aliphatic rings. The molecule has 106 valence electrons. The molecule has 0 aliphatic carbocycles. The minimum absolute atomic E-state index is 0.0158. The monoisotopic (exact) mass is 337 g/mol. The van der Waals surface area contributed by atoms with Gasteiger partial charge in [0.05, 0.1) is 19.3 Å². The predicted octanol–water partition coefficient (Wildman–Crippen LogP) is 2.86. The Bertz CT molecular complexity index is 612. The molecule has 1 saturated heterocycles. The van der Waals surface area contributed by atoms with Gasteiger partial charge >= 0.3 is 0 Å². The van der Waals surface area contributed by atoms with Gasteiger partial charge in [0.25, 0.3) is 0 Å². The molecule has 1 aliphatic heterocycles. The van der Waals surface area contributed by atoms with E-state index in [1.165, 1.54) is 0 Å². The summed E-state index contributed by atoms with van der Waals surface area (Å²) in [6.07, 6.45) is 1.94.